The molecule has 0 saturated heterocycles. The molecule has 0 saturated carbocycles. The topological polar surface area (TPSA) is 41.5 Å². The average molecular weight is 285 g/mol. The Morgan fingerprint density at radius 2 is 1.90 bits per heavy atom. The number of aromatic hydroxyl groups is 1. The third-order valence-corrected chi connectivity index (χ3v) is 3.70. The molecule has 2 rings (SSSR count). The van der Waals surface area contributed by atoms with Gasteiger partial charge in [-0.05, 0) is 42.1 Å². The number of phenolic OH excluding ortho intramolecular Hbond substituents is 1. The number of methoxy groups -OCH3 is 1. The summed E-state index contributed by atoms with van der Waals surface area (Å²) in [5, 5.41) is 13.1. The van der Waals surface area contributed by atoms with Gasteiger partial charge >= 0.3 is 0 Å². The Hall–Kier alpha value is -2.00. The highest BCUT2D eigenvalue weighted by molar-refractivity contribution is 5.41. The molecule has 0 fully saturated rings. The van der Waals surface area contributed by atoms with Gasteiger partial charge in [-0.3, -0.25) is 0 Å². The Labute approximate surface area is 126 Å². The molecule has 3 heteroatoms. The fourth-order valence-corrected chi connectivity index (χ4v) is 2.35. The van der Waals surface area contributed by atoms with Crippen LogP contribution in [0.1, 0.15) is 30.4 Å². The summed E-state index contributed by atoms with van der Waals surface area (Å²) in [4.78, 5) is 0. The minimum atomic E-state index is 0.189. The summed E-state index contributed by atoms with van der Waals surface area (Å²) in [5.74, 6) is 1.24. The maximum Gasteiger partial charge on any atom is 0.160 e. The minimum absolute atomic E-state index is 0.189. The van der Waals surface area contributed by atoms with Gasteiger partial charge in [-0.15, -0.1) is 0 Å². The molecule has 0 spiro atoms. The first-order chi connectivity index (χ1) is 10.2. The Kier molecular flexibility index (Phi) is 5.64. The Balaban J connectivity index is 1.76. The third-order valence-electron chi connectivity index (χ3n) is 3.70. The third kappa shape index (κ3) is 4.50. The monoisotopic (exact) mass is 285 g/mol. The SMILES string of the molecule is COc1ccc(CNCCC(C)c2ccccc2)cc1O. The lowest BCUT2D eigenvalue weighted by molar-refractivity contribution is 0.373. The molecule has 0 amide bonds. The van der Waals surface area contributed by atoms with E-state index in [-0.39, 0.29) is 5.75 Å². The second-order valence-corrected chi connectivity index (χ2v) is 5.28. The number of benzene rings is 2. The van der Waals surface area contributed by atoms with E-state index in [0.717, 1.165) is 25.1 Å². The summed E-state index contributed by atoms with van der Waals surface area (Å²) < 4.78 is 5.04. The lowest BCUT2D eigenvalue weighted by Gasteiger charge is -2.12. The molecule has 3 nitrogen and oxygen atoms in total. The van der Waals surface area contributed by atoms with Crippen molar-refractivity contribution in [3.63, 3.8) is 0 Å². The van der Waals surface area contributed by atoms with Crippen LogP contribution in [0.4, 0.5) is 0 Å². The molecule has 112 valence electrons. The van der Waals surface area contributed by atoms with Crippen LogP contribution in [0, 0.1) is 0 Å². The number of ether oxygens (including phenoxy) is 1. The number of nitrogens with one attached hydrogen (secondary N) is 1. The normalized spacial score (nSPS) is 12.1. The van der Waals surface area contributed by atoms with Crippen LogP contribution in [-0.4, -0.2) is 18.8 Å². The van der Waals surface area contributed by atoms with E-state index < -0.39 is 0 Å². The number of hydrogen-bond acceptors (Lipinski definition) is 3. The maximum absolute atomic E-state index is 9.73. The molecule has 1 atom stereocenters. The lowest BCUT2D eigenvalue weighted by Crippen LogP contribution is -2.16. The van der Waals surface area contributed by atoms with E-state index in [1.165, 1.54) is 5.56 Å². The van der Waals surface area contributed by atoms with Crippen LogP contribution in [0.2, 0.25) is 0 Å². The van der Waals surface area contributed by atoms with Gasteiger partial charge < -0.3 is 15.2 Å². The lowest BCUT2D eigenvalue weighted by atomic mass is 9.98. The molecule has 0 aliphatic rings. The quantitative estimate of drug-likeness (QED) is 0.762. The molecular formula is C18H23NO2. The van der Waals surface area contributed by atoms with Gasteiger partial charge in [0.25, 0.3) is 0 Å². The van der Waals surface area contributed by atoms with E-state index in [0.29, 0.717) is 11.7 Å². The van der Waals surface area contributed by atoms with E-state index in [1.54, 1.807) is 19.2 Å². The Bertz CT molecular complexity index is 554. The van der Waals surface area contributed by atoms with Crippen molar-refractivity contribution in [3.05, 3.63) is 59.7 Å². The van der Waals surface area contributed by atoms with Gasteiger partial charge in [0.1, 0.15) is 0 Å². The predicted octanol–water partition coefficient (Wildman–Crippen LogP) is 3.68. The van der Waals surface area contributed by atoms with Crippen molar-refractivity contribution in [2.45, 2.75) is 25.8 Å². The molecule has 21 heavy (non-hydrogen) atoms. The molecule has 0 aromatic heterocycles. The van der Waals surface area contributed by atoms with E-state index in [9.17, 15) is 5.11 Å². The minimum Gasteiger partial charge on any atom is -0.504 e. The zero-order chi connectivity index (χ0) is 15.1. The zero-order valence-electron chi connectivity index (χ0n) is 12.7. The van der Waals surface area contributed by atoms with Crippen LogP contribution in [0.15, 0.2) is 48.5 Å². The summed E-state index contributed by atoms with van der Waals surface area (Å²) >= 11 is 0. The van der Waals surface area contributed by atoms with E-state index >= 15 is 0 Å². The van der Waals surface area contributed by atoms with E-state index in [2.05, 4.69) is 36.5 Å². The first-order valence-electron chi connectivity index (χ1n) is 7.32. The summed E-state index contributed by atoms with van der Waals surface area (Å²) in [6.45, 7) is 3.94. The van der Waals surface area contributed by atoms with Crippen molar-refractivity contribution in [3.8, 4) is 11.5 Å². The fourth-order valence-electron chi connectivity index (χ4n) is 2.35. The summed E-state index contributed by atoms with van der Waals surface area (Å²) in [5.41, 5.74) is 2.43. The largest absolute Gasteiger partial charge is 0.504 e. The average Bonchev–Trinajstić information content (AvgIpc) is 2.52. The van der Waals surface area contributed by atoms with Crippen molar-refractivity contribution in [2.24, 2.45) is 0 Å². The van der Waals surface area contributed by atoms with E-state index in [1.807, 2.05) is 12.1 Å². The van der Waals surface area contributed by atoms with E-state index in [4.69, 9.17) is 4.74 Å². The standard InChI is InChI=1S/C18H23NO2/c1-14(16-6-4-3-5-7-16)10-11-19-13-15-8-9-18(21-2)17(20)12-15/h3-9,12,14,19-20H,10-11,13H2,1-2H3. The molecule has 0 aliphatic carbocycles. The van der Waals surface area contributed by atoms with Crippen LogP contribution < -0.4 is 10.1 Å². The fraction of sp³-hybridized carbons (Fsp3) is 0.333. The van der Waals surface area contributed by atoms with Crippen LogP contribution in [-0.2, 0) is 6.54 Å². The van der Waals surface area contributed by atoms with Crippen LogP contribution in [0.5, 0.6) is 11.5 Å². The molecule has 2 aromatic rings. The highest BCUT2D eigenvalue weighted by atomic mass is 16.5. The predicted molar refractivity (Wildman–Crippen MR) is 85.8 cm³/mol. The first kappa shape index (κ1) is 15.4. The van der Waals surface area contributed by atoms with Crippen LogP contribution in [0.25, 0.3) is 0 Å². The molecule has 0 heterocycles. The van der Waals surface area contributed by atoms with Gasteiger partial charge in [0.2, 0.25) is 0 Å². The molecule has 2 N–H and O–H groups in total. The Morgan fingerprint density at radius 1 is 1.14 bits per heavy atom. The molecular weight excluding hydrogens is 262 g/mol. The van der Waals surface area contributed by atoms with Gasteiger partial charge in [-0.1, -0.05) is 43.3 Å². The number of rotatable bonds is 7. The first-order valence-corrected chi connectivity index (χ1v) is 7.32. The summed E-state index contributed by atoms with van der Waals surface area (Å²) in [6.07, 6.45) is 1.09. The second-order valence-electron chi connectivity index (χ2n) is 5.28. The molecule has 2 aromatic carbocycles. The number of hydrogen-bond donors (Lipinski definition) is 2. The molecule has 0 aliphatic heterocycles. The molecule has 0 radical (unpaired) electrons. The maximum atomic E-state index is 9.73. The van der Waals surface area contributed by atoms with Crippen LogP contribution >= 0.6 is 0 Å². The van der Waals surface area contributed by atoms with Crippen LogP contribution in [0.3, 0.4) is 0 Å². The van der Waals surface area contributed by atoms with Gasteiger partial charge in [0.15, 0.2) is 11.5 Å². The van der Waals surface area contributed by atoms with Gasteiger partial charge in [-0.2, -0.15) is 0 Å². The summed E-state index contributed by atoms with van der Waals surface area (Å²) in [6, 6.07) is 16.1. The van der Waals surface area contributed by atoms with Gasteiger partial charge in [0.05, 0.1) is 7.11 Å². The van der Waals surface area contributed by atoms with Crippen molar-refractivity contribution in [1.29, 1.82) is 0 Å². The molecule has 1 unspecified atom stereocenters. The highest BCUT2D eigenvalue weighted by Crippen LogP contribution is 2.26. The number of phenols is 1. The zero-order valence-corrected chi connectivity index (χ0v) is 12.7. The van der Waals surface area contributed by atoms with Gasteiger partial charge in [0, 0.05) is 6.54 Å². The van der Waals surface area contributed by atoms with Crippen molar-refractivity contribution in [1.82, 2.24) is 5.32 Å². The second kappa shape index (κ2) is 7.70. The van der Waals surface area contributed by atoms with Crippen molar-refractivity contribution >= 4 is 0 Å². The smallest absolute Gasteiger partial charge is 0.160 e. The van der Waals surface area contributed by atoms with Gasteiger partial charge in [-0.25, -0.2) is 0 Å². The Morgan fingerprint density at radius 3 is 2.57 bits per heavy atom. The highest BCUT2D eigenvalue weighted by Gasteiger charge is 2.05. The summed E-state index contributed by atoms with van der Waals surface area (Å²) in [7, 11) is 1.55. The van der Waals surface area contributed by atoms with Crippen molar-refractivity contribution in [2.75, 3.05) is 13.7 Å². The van der Waals surface area contributed by atoms with Crippen molar-refractivity contribution < 1.29 is 9.84 Å². The molecule has 0 bridgehead atoms.